The third-order valence-electron chi connectivity index (χ3n) is 5.27. The standard InChI is InChI=1S/C20H20F2N4O2/c21-13-5-6-16(15(22)11-13)23-19(27)12-25-9-7-14(8-10-25)26-18-4-2-1-3-17(18)24-20(26)28/h1-6,11,14H,7-10,12H2,(H,23,27)(H,24,28)/p+1. The molecule has 8 heteroatoms. The third-order valence-corrected chi connectivity index (χ3v) is 5.27. The molecule has 0 radical (unpaired) electrons. The fraction of sp³-hybridized carbons (Fsp3) is 0.300. The number of hydrogen-bond donors (Lipinski definition) is 3. The number of H-pyrrole nitrogens is 1. The maximum Gasteiger partial charge on any atom is 0.326 e. The van der Waals surface area contributed by atoms with E-state index in [0.29, 0.717) is 0 Å². The summed E-state index contributed by atoms with van der Waals surface area (Å²) in [5.41, 5.74) is 1.58. The van der Waals surface area contributed by atoms with Crippen LogP contribution in [-0.2, 0) is 4.79 Å². The van der Waals surface area contributed by atoms with Gasteiger partial charge in [0, 0.05) is 24.9 Å². The molecule has 0 aliphatic carbocycles. The molecule has 0 bridgehead atoms. The summed E-state index contributed by atoms with van der Waals surface area (Å²) in [7, 11) is 0. The molecule has 1 fully saturated rings. The number of rotatable bonds is 4. The highest BCUT2D eigenvalue weighted by Gasteiger charge is 2.27. The van der Waals surface area contributed by atoms with E-state index in [0.717, 1.165) is 54.0 Å². The van der Waals surface area contributed by atoms with Crippen LogP contribution in [0.4, 0.5) is 14.5 Å². The summed E-state index contributed by atoms with van der Waals surface area (Å²) in [4.78, 5) is 28.5. The molecule has 1 aliphatic heterocycles. The molecule has 1 aromatic heterocycles. The number of imidazole rings is 1. The van der Waals surface area contributed by atoms with Crippen LogP contribution in [0.3, 0.4) is 0 Å². The Hall–Kier alpha value is -3.00. The number of para-hydroxylation sites is 2. The van der Waals surface area contributed by atoms with E-state index in [1.54, 1.807) is 4.57 Å². The van der Waals surface area contributed by atoms with Gasteiger partial charge in [-0.25, -0.2) is 13.6 Å². The van der Waals surface area contributed by atoms with Crippen molar-refractivity contribution < 1.29 is 18.5 Å². The lowest BCUT2D eigenvalue weighted by Gasteiger charge is -2.29. The van der Waals surface area contributed by atoms with Crippen LogP contribution in [0.5, 0.6) is 0 Å². The highest BCUT2D eigenvalue weighted by atomic mass is 19.1. The number of hydrogen-bond acceptors (Lipinski definition) is 2. The van der Waals surface area contributed by atoms with E-state index >= 15 is 0 Å². The van der Waals surface area contributed by atoms with Crippen LogP contribution in [0.2, 0.25) is 0 Å². The molecule has 1 aliphatic rings. The number of piperidine rings is 1. The molecule has 1 saturated heterocycles. The van der Waals surface area contributed by atoms with Gasteiger partial charge >= 0.3 is 5.69 Å². The Morgan fingerprint density at radius 2 is 1.93 bits per heavy atom. The Morgan fingerprint density at radius 1 is 1.18 bits per heavy atom. The quantitative estimate of drug-likeness (QED) is 0.635. The van der Waals surface area contributed by atoms with Gasteiger partial charge in [-0.1, -0.05) is 12.1 Å². The van der Waals surface area contributed by atoms with Gasteiger partial charge in [-0.05, 0) is 24.3 Å². The predicted octanol–water partition coefficient (Wildman–Crippen LogP) is 1.47. The molecule has 0 saturated carbocycles. The number of fused-ring (bicyclic) bond motifs is 1. The van der Waals surface area contributed by atoms with Crippen molar-refractivity contribution in [3.8, 4) is 0 Å². The van der Waals surface area contributed by atoms with Crippen LogP contribution in [0.1, 0.15) is 18.9 Å². The van der Waals surface area contributed by atoms with Gasteiger partial charge in [-0.2, -0.15) is 0 Å². The number of benzene rings is 2. The van der Waals surface area contributed by atoms with E-state index in [-0.39, 0.29) is 29.9 Å². The van der Waals surface area contributed by atoms with Crippen molar-refractivity contribution in [3.63, 3.8) is 0 Å². The summed E-state index contributed by atoms with van der Waals surface area (Å²) < 4.78 is 28.4. The first-order valence-electron chi connectivity index (χ1n) is 9.29. The number of likely N-dealkylation sites (tertiary alicyclic amines) is 1. The van der Waals surface area contributed by atoms with Crippen LogP contribution in [0.15, 0.2) is 47.3 Å². The summed E-state index contributed by atoms with van der Waals surface area (Å²) in [6.45, 7) is 1.66. The minimum Gasteiger partial charge on any atom is -0.327 e. The normalized spacial score (nSPS) is 19.6. The van der Waals surface area contributed by atoms with E-state index in [4.69, 9.17) is 0 Å². The zero-order valence-corrected chi connectivity index (χ0v) is 15.2. The zero-order chi connectivity index (χ0) is 19.7. The SMILES string of the molecule is O=C(C[NH+]1CCC(n2c(=O)[nH]c3ccccc32)CC1)Nc1ccc(F)cc1F. The molecule has 146 valence electrons. The second-order valence-electron chi connectivity index (χ2n) is 7.15. The minimum absolute atomic E-state index is 0.0222. The van der Waals surface area contributed by atoms with Crippen molar-refractivity contribution in [2.24, 2.45) is 0 Å². The van der Waals surface area contributed by atoms with Crippen LogP contribution in [0, 0.1) is 11.6 Å². The van der Waals surface area contributed by atoms with E-state index in [9.17, 15) is 18.4 Å². The summed E-state index contributed by atoms with van der Waals surface area (Å²) in [6.07, 6.45) is 1.55. The Bertz CT molecular complexity index is 1070. The van der Waals surface area contributed by atoms with Crippen molar-refractivity contribution in [1.82, 2.24) is 9.55 Å². The molecule has 4 rings (SSSR count). The zero-order valence-electron chi connectivity index (χ0n) is 15.2. The fourth-order valence-electron chi connectivity index (χ4n) is 3.89. The van der Waals surface area contributed by atoms with Gasteiger partial charge in [0.15, 0.2) is 6.54 Å². The Morgan fingerprint density at radius 3 is 2.68 bits per heavy atom. The summed E-state index contributed by atoms with van der Waals surface area (Å²) in [5, 5.41) is 2.50. The average Bonchev–Trinajstić information content (AvgIpc) is 3.00. The molecule has 6 nitrogen and oxygen atoms in total. The molecule has 0 atom stereocenters. The third kappa shape index (κ3) is 3.68. The first-order valence-corrected chi connectivity index (χ1v) is 9.29. The van der Waals surface area contributed by atoms with Gasteiger partial charge in [0.05, 0.1) is 29.8 Å². The molecule has 0 unspecified atom stereocenters. The second kappa shape index (κ2) is 7.55. The van der Waals surface area contributed by atoms with E-state index in [1.165, 1.54) is 6.07 Å². The lowest BCUT2D eigenvalue weighted by atomic mass is 10.0. The highest BCUT2D eigenvalue weighted by Crippen LogP contribution is 2.20. The first-order chi connectivity index (χ1) is 13.5. The summed E-state index contributed by atoms with van der Waals surface area (Å²) in [6, 6.07) is 10.8. The highest BCUT2D eigenvalue weighted by molar-refractivity contribution is 5.91. The van der Waals surface area contributed by atoms with Gasteiger partial charge in [0.1, 0.15) is 11.6 Å². The van der Waals surface area contributed by atoms with Crippen molar-refractivity contribution in [2.45, 2.75) is 18.9 Å². The number of halogens is 2. The Labute approximate surface area is 159 Å². The fourth-order valence-corrected chi connectivity index (χ4v) is 3.89. The summed E-state index contributed by atoms with van der Waals surface area (Å²) in [5.74, 6) is -1.79. The Kier molecular flexibility index (Phi) is 4.95. The number of nitrogens with zero attached hydrogens (tertiary/aromatic N) is 1. The van der Waals surface area contributed by atoms with Gasteiger partial charge in [-0.15, -0.1) is 0 Å². The maximum absolute atomic E-state index is 13.7. The van der Waals surface area contributed by atoms with Crippen molar-refractivity contribution >= 4 is 22.6 Å². The molecular weight excluding hydrogens is 366 g/mol. The molecule has 2 aromatic carbocycles. The van der Waals surface area contributed by atoms with E-state index in [1.807, 2.05) is 24.3 Å². The molecule has 3 N–H and O–H groups in total. The van der Waals surface area contributed by atoms with E-state index < -0.39 is 11.6 Å². The molecule has 3 aromatic rings. The number of aromatic nitrogens is 2. The maximum atomic E-state index is 13.7. The van der Waals surface area contributed by atoms with Crippen molar-refractivity contribution in [2.75, 3.05) is 25.0 Å². The second-order valence-corrected chi connectivity index (χ2v) is 7.15. The van der Waals surface area contributed by atoms with Gasteiger partial charge in [0.2, 0.25) is 0 Å². The topological polar surface area (TPSA) is 71.3 Å². The van der Waals surface area contributed by atoms with Crippen LogP contribution in [-0.4, -0.2) is 35.1 Å². The smallest absolute Gasteiger partial charge is 0.326 e. The first kappa shape index (κ1) is 18.4. The van der Waals surface area contributed by atoms with E-state index in [2.05, 4.69) is 10.3 Å². The van der Waals surface area contributed by atoms with Crippen LogP contribution < -0.4 is 15.9 Å². The molecule has 1 amide bonds. The molecule has 2 heterocycles. The number of quaternary nitrogens is 1. The average molecular weight is 387 g/mol. The lowest BCUT2D eigenvalue weighted by molar-refractivity contribution is -0.897. The number of aromatic amines is 1. The van der Waals surface area contributed by atoms with Crippen molar-refractivity contribution in [1.29, 1.82) is 0 Å². The number of carbonyl (C=O) groups excluding carboxylic acids is 1. The largest absolute Gasteiger partial charge is 0.327 e. The molecule has 28 heavy (non-hydrogen) atoms. The molecule has 0 spiro atoms. The van der Waals surface area contributed by atoms with Gasteiger partial charge < -0.3 is 15.2 Å². The number of nitrogens with one attached hydrogen (secondary N) is 3. The predicted molar refractivity (Wildman–Crippen MR) is 101 cm³/mol. The number of amides is 1. The van der Waals surface area contributed by atoms with Gasteiger partial charge in [0.25, 0.3) is 5.91 Å². The summed E-state index contributed by atoms with van der Waals surface area (Å²) >= 11 is 0. The lowest BCUT2D eigenvalue weighted by Crippen LogP contribution is -3.14. The minimum atomic E-state index is -0.791. The van der Waals surface area contributed by atoms with Crippen LogP contribution in [0.25, 0.3) is 11.0 Å². The Balaban J connectivity index is 1.37. The molecular formula is C20H21F2N4O2+. The van der Waals surface area contributed by atoms with Crippen LogP contribution >= 0.6 is 0 Å². The van der Waals surface area contributed by atoms with Crippen molar-refractivity contribution in [3.05, 3.63) is 64.6 Å². The number of carbonyl (C=O) groups is 1. The van der Waals surface area contributed by atoms with Gasteiger partial charge in [-0.3, -0.25) is 9.36 Å². The monoisotopic (exact) mass is 387 g/mol. The number of anilines is 1.